The van der Waals surface area contributed by atoms with Crippen LogP contribution in [0.5, 0.6) is 0 Å². The van der Waals surface area contributed by atoms with Crippen molar-refractivity contribution in [1.82, 2.24) is 14.5 Å². The number of piperazine rings is 1. The quantitative estimate of drug-likeness (QED) is 0.482. The molecule has 0 bridgehead atoms. The smallest absolute Gasteiger partial charge is 0.330 e. The van der Waals surface area contributed by atoms with E-state index in [1.54, 1.807) is 5.06 Å². The van der Waals surface area contributed by atoms with E-state index >= 15 is 0 Å². The molecule has 0 saturated carbocycles. The van der Waals surface area contributed by atoms with Crippen molar-refractivity contribution in [1.29, 1.82) is 5.26 Å². The van der Waals surface area contributed by atoms with Crippen LogP contribution in [-0.4, -0.2) is 53.2 Å². The van der Waals surface area contributed by atoms with Gasteiger partial charge in [-0.1, -0.05) is 42.5 Å². The molecule has 0 N–H and O–H groups in total. The summed E-state index contributed by atoms with van der Waals surface area (Å²) in [7, 11) is 0. The van der Waals surface area contributed by atoms with Gasteiger partial charge in [-0.05, 0) is 56.5 Å². The number of rotatable bonds is 7. The number of hydrogen-bond acceptors (Lipinski definition) is 5. The first-order valence-electron chi connectivity index (χ1n) is 12.3. The van der Waals surface area contributed by atoms with Gasteiger partial charge in [-0.2, -0.15) is 5.26 Å². The van der Waals surface area contributed by atoms with Crippen molar-refractivity contribution >= 4 is 22.9 Å². The van der Waals surface area contributed by atoms with Gasteiger partial charge < -0.3 is 14.3 Å². The lowest BCUT2D eigenvalue weighted by Gasteiger charge is -2.34. The lowest BCUT2D eigenvalue weighted by Crippen LogP contribution is -2.48. The Morgan fingerprint density at radius 1 is 1.09 bits per heavy atom. The molecule has 1 aliphatic heterocycles. The third kappa shape index (κ3) is 6.39. The highest BCUT2D eigenvalue weighted by atomic mass is 16.7. The summed E-state index contributed by atoms with van der Waals surface area (Å²) in [5.74, 6) is -0.181. The van der Waals surface area contributed by atoms with Crippen LogP contribution in [0, 0.1) is 16.7 Å². The Kier molecular flexibility index (Phi) is 7.70. The summed E-state index contributed by atoms with van der Waals surface area (Å²) in [6.07, 6.45) is 7.50. The van der Waals surface area contributed by atoms with Crippen LogP contribution in [0.4, 0.5) is 0 Å². The molecule has 0 atom stereocenters. The summed E-state index contributed by atoms with van der Waals surface area (Å²) in [6.45, 7) is 10.6. The van der Waals surface area contributed by atoms with E-state index in [4.69, 9.17) is 4.84 Å². The average molecular weight is 471 g/mol. The molecule has 1 aromatic heterocycles. The van der Waals surface area contributed by atoms with E-state index in [1.807, 2.05) is 45.0 Å². The van der Waals surface area contributed by atoms with E-state index in [0.717, 1.165) is 62.2 Å². The molecule has 0 spiro atoms. The van der Waals surface area contributed by atoms with Crippen LogP contribution in [0.15, 0.2) is 60.8 Å². The van der Waals surface area contributed by atoms with Crippen LogP contribution >= 0.6 is 0 Å². The van der Waals surface area contributed by atoms with Crippen molar-refractivity contribution in [3.8, 4) is 6.07 Å². The molecule has 1 saturated heterocycles. The molecule has 1 fully saturated rings. The normalized spacial score (nSPS) is 15.5. The number of nitrogens with zero attached hydrogens (tertiary/aromatic N) is 4. The SMILES string of the molecule is CC(C)(C)C(=O)ON1CCN(CCC=Cc2cn(Cc3ccccc3)c3ccc(C#N)cc23)CC1. The van der Waals surface area contributed by atoms with Gasteiger partial charge >= 0.3 is 5.97 Å². The molecule has 35 heavy (non-hydrogen) atoms. The van der Waals surface area contributed by atoms with E-state index in [2.05, 4.69) is 58.2 Å². The Balaban J connectivity index is 1.36. The van der Waals surface area contributed by atoms with Crippen molar-refractivity contribution in [2.75, 3.05) is 32.7 Å². The predicted octanol–water partition coefficient (Wildman–Crippen LogP) is 5.09. The molecule has 0 amide bonds. The molecule has 0 unspecified atom stereocenters. The Bertz CT molecular complexity index is 1220. The van der Waals surface area contributed by atoms with Crippen molar-refractivity contribution < 1.29 is 9.63 Å². The standard InChI is InChI=1S/C29H34N4O2/c1-29(2,3)28(34)35-33-17-15-31(16-18-33)14-8-7-11-25-22-32(21-23-9-5-4-6-10-23)27-13-12-24(20-30)19-26(25)27/h4-7,9-13,19,22H,8,14-18,21H2,1-3H3. The average Bonchev–Trinajstić information content (AvgIpc) is 3.19. The van der Waals surface area contributed by atoms with Gasteiger partial charge in [0.05, 0.1) is 17.0 Å². The fourth-order valence-corrected chi connectivity index (χ4v) is 4.20. The lowest BCUT2D eigenvalue weighted by atomic mass is 9.98. The van der Waals surface area contributed by atoms with Crippen LogP contribution in [0.3, 0.4) is 0 Å². The van der Waals surface area contributed by atoms with Crippen molar-refractivity contribution in [3.63, 3.8) is 0 Å². The number of carbonyl (C=O) groups is 1. The third-order valence-corrected chi connectivity index (χ3v) is 6.30. The van der Waals surface area contributed by atoms with Gasteiger partial charge in [-0.25, -0.2) is 4.79 Å². The van der Waals surface area contributed by atoms with E-state index in [9.17, 15) is 10.1 Å². The highest BCUT2D eigenvalue weighted by Gasteiger charge is 2.27. The number of hydrogen-bond donors (Lipinski definition) is 0. The summed E-state index contributed by atoms with van der Waals surface area (Å²) in [6, 6.07) is 18.6. The number of benzene rings is 2. The largest absolute Gasteiger partial charge is 0.367 e. The first-order chi connectivity index (χ1) is 16.8. The fourth-order valence-electron chi connectivity index (χ4n) is 4.20. The molecule has 3 aromatic rings. The molecule has 4 rings (SSSR count). The summed E-state index contributed by atoms with van der Waals surface area (Å²) in [5.41, 5.74) is 3.70. The third-order valence-electron chi connectivity index (χ3n) is 6.30. The molecule has 6 nitrogen and oxygen atoms in total. The van der Waals surface area contributed by atoms with E-state index in [-0.39, 0.29) is 5.97 Å². The minimum Gasteiger partial charge on any atom is -0.367 e. The topological polar surface area (TPSA) is 61.5 Å². The lowest BCUT2D eigenvalue weighted by molar-refractivity contribution is -0.206. The van der Waals surface area contributed by atoms with Crippen LogP contribution < -0.4 is 0 Å². The van der Waals surface area contributed by atoms with Crippen molar-refractivity contribution in [2.45, 2.75) is 33.7 Å². The van der Waals surface area contributed by atoms with E-state index in [0.29, 0.717) is 5.56 Å². The van der Waals surface area contributed by atoms with Gasteiger partial charge in [0.1, 0.15) is 0 Å². The van der Waals surface area contributed by atoms with Crippen LogP contribution in [0.1, 0.15) is 43.9 Å². The Hall–Kier alpha value is -3.40. The molecule has 0 aliphatic carbocycles. The van der Waals surface area contributed by atoms with Gasteiger partial charge in [0.15, 0.2) is 0 Å². The number of aromatic nitrogens is 1. The molecular weight excluding hydrogens is 436 g/mol. The predicted molar refractivity (Wildman–Crippen MR) is 139 cm³/mol. The summed E-state index contributed by atoms with van der Waals surface area (Å²) < 4.78 is 2.25. The number of hydroxylamine groups is 2. The van der Waals surface area contributed by atoms with E-state index < -0.39 is 5.41 Å². The maximum atomic E-state index is 12.1. The molecule has 182 valence electrons. The molecular formula is C29H34N4O2. The monoisotopic (exact) mass is 470 g/mol. The number of nitriles is 1. The first kappa shape index (κ1) is 24.7. The van der Waals surface area contributed by atoms with Crippen molar-refractivity contribution in [3.05, 3.63) is 77.5 Å². The van der Waals surface area contributed by atoms with Crippen LogP contribution in [0.2, 0.25) is 0 Å². The maximum absolute atomic E-state index is 12.1. The second kappa shape index (κ2) is 10.9. The summed E-state index contributed by atoms with van der Waals surface area (Å²) >= 11 is 0. The second-order valence-corrected chi connectivity index (χ2v) is 10.1. The molecule has 2 heterocycles. The maximum Gasteiger partial charge on any atom is 0.330 e. The number of carbonyl (C=O) groups excluding carboxylic acids is 1. The highest BCUT2D eigenvalue weighted by Crippen LogP contribution is 2.25. The van der Waals surface area contributed by atoms with Crippen LogP contribution in [-0.2, 0) is 16.2 Å². The minimum absolute atomic E-state index is 0.181. The Morgan fingerprint density at radius 2 is 1.83 bits per heavy atom. The summed E-state index contributed by atoms with van der Waals surface area (Å²) in [4.78, 5) is 20.0. The van der Waals surface area contributed by atoms with Gasteiger partial charge in [0.2, 0.25) is 0 Å². The van der Waals surface area contributed by atoms with Gasteiger partial charge in [0.25, 0.3) is 0 Å². The molecule has 6 heteroatoms. The zero-order valence-corrected chi connectivity index (χ0v) is 20.9. The zero-order chi connectivity index (χ0) is 24.8. The number of fused-ring (bicyclic) bond motifs is 1. The van der Waals surface area contributed by atoms with Crippen LogP contribution in [0.25, 0.3) is 17.0 Å². The van der Waals surface area contributed by atoms with Gasteiger partial charge in [-0.3, -0.25) is 0 Å². The Labute approximate surface area is 208 Å². The Morgan fingerprint density at radius 3 is 2.51 bits per heavy atom. The zero-order valence-electron chi connectivity index (χ0n) is 20.9. The highest BCUT2D eigenvalue weighted by molar-refractivity contribution is 5.90. The first-order valence-corrected chi connectivity index (χ1v) is 12.3. The van der Waals surface area contributed by atoms with Gasteiger partial charge in [-0.15, -0.1) is 5.06 Å². The van der Waals surface area contributed by atoms with E-state index in [1.165, 1.54) is 5.56 Å². The molecule has 1 aliphatic rings. The molecule has 2 aromatic carbocycles. The summed E-state index contributed by atoms with van der Waals surface area (Å²) in [5, 5.41) is 12.3. The van der Waals surface area contributed by atoms with Crippen molar-refractivity contribution in [2.24, 2.45) is 5.41 Å². The second-order valence-electron chi connectivity index (χ2n) is 10.1. The van der Waals surface area contributed by atoms with Gasteiger partial charge in [0, 0.05) is 56.4 Å². The minimum atomic E-state index is -0.486. The molecule has 0 radical (unpaired) electrons. The fraction of sp³-hybridized carbons (Fsp3) is 0.379.